The van der Waals surface area contributed by atoms with Gasteiger partial charge in [-0.1, -0.05) is 0 Å². The normalized spacial score (nSPS) is 29.2. The number of carbonyl (C=O) groups is 1. The van der Waals surface area contributed by atoms with Gasteiger partial charge in [0, 0.05) is 38.1 Å². The molecule has 0 bridgehead atoms. The maximum Gasteiger partial charge on any atom is 0.305 e. The Kier molecular flexibility index (Phi) is 4.97. The number of methoxy groups -OCH3 is 1. The number of ether oxygens (including phenoxy) is 1. The molecule has 1 saturated heterocycles. The van der Waals surface area contributed by atoms with Crippen molar-refractivity contribution in [2.45, 2.75) is 37.8 Å². The highest BCUT2D eigenvalue weighted by Gasteiger charge is 2.36. The number of aliphatic hydroxyl groups excluding tert-OH is 1. The van der Waals surface area contributed by atoms with Gasteiger partial charge >= 0.3 is 5.97 Å². The van der Waals surface area contributed by atoms with Gasteiger partial charge in [-0.2, -0.15) is 0 Å². The molecule has 0 aromatic carbocycles. The highest BCUT2D eigenvalue weighted by molar-refractivity contribution is 5.69. The molecular weight excluding hydrogens is 232 g/mol. The average Bonchev–Trinajstić information content (AvgIpc) is 3.20. The molecule has 0 aromatic heterocycles. The number of esters is 1. The molecule has 2 atom stereocenters. The maximum absolute atomic E-state index is 11.4. The van der Waals surface area contributed by atoms with Crippen molar-refractivity contribution in [1.29, 1.82) is 0 Å². The van der Waals surface area contributed by atoms with E-state index in [4.69, 9.17) is 9.84 Å². The SMILES string of the molecule is COC(=O)CC1CC(NCCO)CN(C2CC2)C1. The monoisotopic (exact) mass is 256 g/mol. The number of hydrogen-bond acceptors (Lipinski definition) is 5. The minimum atomic E-state index is -0.112. The molecule has 1 aliphatic heterocycles. The molecule has 2 rings (SSSR count). The molecule has 5 heteroatoms. The second kappa shape index (κ2) is 6.50. The van der Waals surface area contributed by atoms with Crippen LogP contribution in [-0.4, -0.2) is 61.4 Å². The van der Waals surface area contributed by atoms with Crippen LogP contribution in [0.3, 0.4) is 0 Å². The van der Waals surface area contributed by atoms with Crippen molar-refractivity contribution >= 4 is 5.97 Å². The summed E-state index contributed by atoms with van der Waals surface area (Å²) in [5.74, 6) is 0.265. The number of nitrogens with zero attached hydrogens (tertiary/aromatic N) is 1. The molecule has 1 saturated carbocycles. The quantitative estimate of drug-likeness (QED) is 0.654. The number of rotatable bonds is 6. The van der Waals surface area contributed by atoms with E-state index >= 15 is 0 Å². The van der Waals surface area contributed by atoms with Crippen LogP contribution >= 0.6 is 0 Å². The Morgan fingerprint density at radius 3 is 2.83 bits per heavy atom. The summed E-state index contributed by atoms with van der Waals surface area (Å²) in [4.78, 5) is 13.9. The lowest BCUT2D eigenvalue weighted by atomic mass is 9.91. The summed E-state index contributed by atoms with van der Waals surface area (Å²) in [5.41, 5.74) is 0. The van der Waals surface area contributed by atoms with Crippen molar-refractivity contribution < 1.29 is 14.6 Å². The topological polar surface area (TPSA) is 61.8 Å². The van der Waals surface area contributed by atoms with Crippen LogP contribution in [0.25, 0.3) is 0 Å². The van der Waals surface area contributed by atoms with Crippen LogP contribution in [0.5, 0.6) is 0 Å². The Labute approximate surface area is 108 Å². The van der Waals surface area contributed by atoms with Crippen LogP contribution < -0.4 is 5.32 Å². The van der Waals surface area contributed by atoms with Gasteiger partial charge in [0.15, 0.2) is 0 Å². The number of aliphatic hydroxyl groups is 1. The van der Waals surface area contributed by atoms with Crippen molar-refractivity contribution in [3.05, 3.63) is 0 Å². The van der Waals surface area contributed by atoms with Crippen molar-refractivity contribution in [3.8, 4) is 0 Å². The van der Waals surface area contributed by atoms with Gasteiger partial charge in [0.05, 0.1) is 13.7 Å². The molecule has 2 N–H and O–H groups in total. The van der Waals surface area contributed by atoms with E-state index in [0.717, 1.165) is 25.6 Å². The first-order valence-corrected chi connectivity index (χ1v) is 6.88. The van der Waals surface area contributed by atoms with E-state index in [-0.39, 0.29) is 12.6 Å². The zero-order valence-electron chi connectivity index (χ0n) is 11.1. The van der Waals surface area contributed by atoms with E-state index in [1.54, 1.807) is 0 Å². The molecule has 18 heavy (non-hydrogen) atoms. The Bertz CT molecular complexity index is 281. The summed E-state index contributed by atoms with van der Waals surface area (Å²) in [5, 5.41) is 12.2. The summed E-state index contributed by atoms with van der Waals surface area (Å²) < 4.78 is 4.76. The van der Waals surface area contributed by atoms with Gasteiger partial charge in [-0.15, -0.1) is 0 Å². The fourth-order valence-corrected chi connectivity index (χ4v) is 2.86. The predicted molar refractivity (Wildman–Crippen MR) is 68.2 cm³/mol. The number of nitrogens with one attached hydrogen (secondary N) is 1. The van der Waals surface area contributed by atoms with E-state index in [2.05, 4.69) is 10.2 Å². The summed E-state index contributed by atoms with van der Waals surface area (Å²) in [6, 6.07) is 1.12. The van der Waals surface area contributed by atoms with Crippen LogP contribution in [0, 0.1) is 5.92 Å². The summed E-state index contributed by atoms with van der Waals surface area (Å²) in [7, 11) is 1.45. The molecular formula is C13H24N2O3. The van der Waals surface area contributed by atoms with Crippen molar-refractivity contribution in [2.75, 3.05) is 33.4 Å². The van der Waals surface area contributed by atoms with E-state index < -0.39 is 0 Å². The zero-order valence-corrected chi connectivity index (χ0v) is 11.1. The van der Waals surface area contributed by atoms with Crippen molar-refractivity contribution in [3.63, 3.8) is 0 Å². The van der Waals surface area contributed by atoms with E-state index in [1.807, 2.05) is 0 Å². The first-order valence-electron chi connectivity index (χ1n) is 6.88. The lowest BCUT2D eigenvalue weighted by Gasteiger charge is -2.38. The van der Waals surface area contributed by atoms with Crippen LogP contribution in [0.2, 0.25) is 0 Å². The highest BCUT2D eigenvalue weighted by atomic mass is 16.5. The molecule has 104 valence electrons. The van der Waals surface area contributed by atoms with Crippen molar-refractivity contribution in [1.82, 2.24) is 10.2 Å². The Hall–Kier alpha value is -0.650. The summed E-state index contributed by atoms with van der Waals surface area (Å²) >= 11 is 0. The maximum atomic E-state index is 11.4. The fourth-order valence-electron chi connectivity index (χ4n) is 2.86. The number of likely N-dealkylation sites (tertiary alicyclic amines) is 1. The third-order valence-corrected chi connectivity index (χ3v) is 3.86. The van der Waals surface area contributed by atoms with Gasteiger partial charge in [-0.3, -0.25) is 9.69 Å². The predicted octanol–water partition coefficient (Wildman–Crippen LogP) is -0.0157. The van der Waals surface area contributed by atoms with Crippen LogP contribution in [-0.2, 0) is 9.53 Å². The van der Waals surface area contributed by atoms with E-state index in [0.29, 0.717) is 24.9 Å². The smallest absolute Gasteiger partial charge is 0.305 e. The number of piperidine rings is 1. The van der Waals surface area contributed by atoms with Gasteiger partial charge in [0.2, 0.25) is 0 Å². The molecule has 2 unspecified atom stereocenters. The lowest BCUT2D eigenvalue weighted by Crippen LogP contribution is -2.50. The Morgan fingerprint density at radius 2 is 2.22 bits per heavy atom. The first kappa shape index (κ1) is 13.8. The second-order valence-corrected chi connectivity index (χ2v) is 5.44. The van der Waals surface area contributed by atoms with Crippen LogP contribution in [0.15, 0.2) is 0 Å². The van der Waals surface area contributed by atoms with E-state index in [9.17, 15) is 4.79 Å². The minimum absolute atomic E-state index is 0.112. The average molecular weight is 256 g/mol. The Balaban J connectivity index is 1.86. The number of hydrogen-bond donors (Lipinski definition) is 2. The molecule has 1 aliphatic carbocycles. The Morgan fingerprint density at radius 1 is 1.44 bits per heavy atom. The third-order valence-electron chi connectivity index (χ3n) is 3.86. The van der Waals surface area contributed by atoms with Crippen molar-refractivity contribution in [2.24, 2.45) is 5.92 Å². The standard InChI is InChI=1S/C13H24N2O3/c1-18-13(17)7-10-6-11(14-4-5-16)9-15(8-10)12-2-3-12/h10-12,14,16H,2-9H2,1H3. The molecule has 0 spiro atoms. The van der Waals surface area contributed by atoms with Gasteiger partial charge in [-0.25, -0.2) is 0 Å². The van der Waals surface area contributed by atoms with Gasteiger partial charge in [-0.05, 0) is 25.2 Å². The molecule has 2 fully saturated rings. The molecule has 0 radical (unpaired) electrons. The first-order chi connectivity index (χ1) is 8.72. The third kappa shape index (κ3) is 3.93. The van der Waals surface area contributed by atoms with Gasteiger partial charge < -0.3 is 15.2 Å². The molecule has 0 amide bonds. The number of carbonyl (C=O) groups excluding carboxylic acids is 1. The van der Waals surface area contributed by atoms with Crippen LogP contribution in [0.1, 0.15) is 25.7 Å². The van der Waals surface area contributed by atoms with Gasteiger partial charge in [0.25, 0.3) is 0 Å². The zero-order chi connectivity index (χ0) is 13.0. The molecule has 0 aromatic rings. The highest BCUT2D eigenvalue weighted by Crippen LogP contribution is 2.32. The lowest BCUT2D eigenvalue weighted by molar-refractivity contribution is -0.142. The summed E-state index contributed by atoms with van der Waals surface area (Å²) in [6.45, 7) is 2.86. The minimum Gasteiger partial charge on any atom is -0.469 e. The molecule has 1 heterocycles. The van der Waals surface area contributed by atoms with Gasteiger partial charge in [0.1, 0.15) is 0 Å². The van der Waals surface area contributed by atoms with Crippen LogP contribution in [0.4, 0.5) is 0 Å². The second-order valence-electron chi connectivity index (χ2n) is 5.44. The largest absolute Gasteiger partial charge is 0.469 e. The van der Waals surface area contributed by atoms with E-state index in [1.165, 1.54) is 20.0 Å². The fraction of sp³-hybridized carbons (Fsp3) is 0.923. The molecule has 5 nitrogen and oxygen atoms in total. The summed E-state index contributed by atoms with van der Waals surface area (Å²) in [6.07, 6.45) is 4.09. The molecule has 2 aliphatic rings.